The van der Waals surface area contributed by atoms with Gasteiger partial charge in [0.2, 0.25) is 5.78 Å². The number of hydrogen-bond acceptors (Lipinski definition) is 5. The molecule has 4 nitrogen and oxygen atoms in total. The number of anilines is 1. The minimum atomic E-state index is -4.48. The normalized spacial score (nSPS) is 20.3. The van der Waals surface area contributed by atoms with Crippen molar-refractivity contribution in [2.75, 3.05) is 19.0 Å². The van der Waals surface area contributed by atoms with Crippen molar-refractivity contribution in [3.63, 3.8) is 0 Å². The molecule has 0 saturated heterocycles. The number of aromatic nitrogens is 1. The van der Waals surface area contributed by atoms with Crippen LogP contribution >= 0.6 is 11.3 Å². The number of halogens is 3. The average Bonchev–Trinajstić information content (AvgIpc) is 3.27. The maximum atomic E-state index is 12.8. The summed E-state index contributed by atoms with van der Waals surface area (Å²) < 4.78 is 43.9. The smallest absolute Gasteiger partial charge is 0.381 e. The number of rotatable bonds is 6. The number of thiazole rings is 1. The molecule has 0 spiro atoms. The van der Waals surface area contributed by atoms with E-state index in [1.165, 1.54) is 18.3 Å². The van der Waals surface area contributed by atoms with E-state index in [-0.39, 0.29) is 11.7 Å². The van der Waals surface area contributed by atoms with Gasteiger partial charge < -0.3 is 10.1 Å². The summed E-state index contributed by atoms with van der Waals surface area (Å²) in [5.74, 6) is -0.0659. The molecular formula is C18H19F3N2O2S. The number of carbonyl (C=O) groups is 1. The van der Waals surface area contributed by atoms with E-state index in [1.807, 2.05) is 0 Å². The molecule has 26 heavy (non-hydrogen) atoms. The molecule has 1 aromatic carbocycles. The van der Waals surface area contributed by atoms with E-state index in [2.05, 4.69) is 10.3 Å². The number of nitrogens with zero attached hydrogens (tertiary/aromatic N) is 1. The minimum Gasteiger partial charge on any atom is -0.381 e. The SMILES string of the molecule is COC1CCCC1CNc1ncc(C(=O)c2cccc(C(F)(F)F)c2)s1. The average molecular weight is 384 g/mol. The van der Waals surface area contributed by atoms with Crippen molar-refractivity contribution in [3.8, 4) is 0 Å². The van der Waals surface area contributed by atoms with E-state index < -0.39 is 17.5 Å². The topological polar surface area (TPSA) is 51.2 Å². The zero-order valence-electron chi connectivity index (χ0n) is 14.2. The van der Waals surface area contributed by atoms with Gasteiger partial charge in [-0.05, 0) is 25.0 Å². The third-order valence-corrected chi connectivity index (χ3v) is 5.54. The Bertz CT molecular complexity index is 776. The maximum Gasteiger partial charge on any atom is 0.416 e. The Labute approximate surface area is 153 Å². The van der Waals surface area contributed by atoms with Crippen molar-refractivity contribution in [1.29, 1.82) is 0 Å². The third-order valence-electron chi connectivity index (χ3n) is 4.59. The quantitative estimate of drug-likeness (QED) is 0.739. The Balaban J connectivity index is 1.67. The third kappa shape index (κ3) is 4.24. The first-order valence-electron chi connectivity index (χ1n) is 8.33. The van der Waals surface area contributed by atoms with Crippen LogP contribution in [0.2, 0.25) is 0 Å². The predicted octanol–water partition coefficient (Wildman–Crippen LogP) is 4.62. The van der Waals surface area contributed by atoms with Crippen molar-refractivity contribution in [3.05, 3.63) is 46.5 Å². The molecule has 0 bridgehead atoms. The molecule has 1 aliphatic rings. The largest absolute Gasteiger partial charge is 0.416 e. The van der Waals surface area contributed by atoms with Crippen molar-refractivity contribution in [2.24, 2.45) is 5.92 Å². The number of ether oxygens (including phenoxy) is 1. The van der Waals surface area contributed by atoms with Crippen molar-refractivity contribution < 1.29 is 22.7 Å². The number of methoxy groups -OCH3 is 1. The standard InChI is InChI=1S/C18H19F3N2O2S/c1-25-14-7-3-5-12(14)9-22-17-23-10-15(26-17)16(24)11-4-2-6-13(8-11)18(19,20)21/h2,4,6,8,10,12,14H,3,5,7,9H2,1H3,(H,22,23). The highest BCUT2D eigenvalue weighted by atomic mass is 32.1. The van der Waals surface area contributed by atoms with Crippen molar-refractivity contribution in [1.82, 2.24) is 4.98 Å². The van der Waals surface area contributed by atoms with Gasteiger partial charge in [0.15, 0.2) is 5.13 Å². The molecule has 1 heterocycles. The van der Waals surface area contributed by atoms with Gasteiger partial charge in [-0.2, -0.15) is 13.2 Å². The van der Waals surface area contributed by atoms with Crippen LogP contribution in [0.3, 0.4) is 0 Å². The highest BCUT2D eigenvalue weighted by Crippen LogP contribution is 2.31. The zero-order valence-corrected chi connectivity index (χ0v) is 15.0. The summed E-state index contributed by atoms with van der Waals surface area (Å²) in [4.78, 5) is 16.9. The first-order chi connectivity index (χ1) is 12.4. The van der Waals surface area contributed by atoms with Crippen LogP contribution in [0.4, 0.5) is 18.3 Å². The highest BCUT2D eigenvalue weighted by molar-refractivity contribution is 7.17. The molecule has 3 rings (SSSR count). The Morgan fingerprint density at radius 3 is 2.92 bits per heavy atom. The van der Waals surface area contributed by atoms with Crippen LogP contribution in [0, 0.1) is 5.92 Å². The fourth-order valence-corrected chi connectivity index (χ4v) is 3.99. The van der Waals surface area contributed by atoms with Gasteiger partial charge in [0.05, 0.1) is 22.7 Å². The summed E-state index contributed by atoms with van der Waals surface area (Å²) in [6.07, 6.45) is 0.400. The number of ketones is 1. The van der Waals surface area contributed by atoms with E-state index in [0.29, 0.717) is 22.5 Å². The van der Waals surface area contributed by atoms with Crippen molar-refractivity contribution >= 4 is 22.3 Å². The lowest BCUT2D eigenvalue weighted by Crippen LogP contribution is -2.23. The highest BCUT2D eigenvalue weighted by Gasteiger charge is 2.31. The molecule has 140 valence electrons. The fraction of sp³-hybridized carbons (Fsp3) is 0.444. The molecule has 0 radical (unpaired) electrons. The molecule has 2 unspecified atom stereocenters. The summed E-state index contributed by atoms with van der Waals surface area (Å²) in [6, 6.07) is 4.44. The van der Waals surface area contributed by atoms with Gasteiger partial charge in [0.25, 0.3) is 0 Å². The summed E-state index contributed by atoms with van der Waals surface area (Å²) >= 11 is 1.15. The van der Waals surface area contributed by atoms with Crippen LogP contribution in [0.15, 0.2) is 30.5 Å². The number of carbonyl (C=O) groups excluding carboxylic acids is 1. The monoisotopic (exact) mass is 384 g/mol. The molecule has 1 aliphatic carbocycles. The zero-order chi connectivity index (χ0) is 18.7. The Hall–Kier alpha value is -1.93. The van der Waals surface area contributed by atoms with E-state index in [0.717, 1.165) is 42.7 Å². The van der Waals surface area contributed by atoms with E-state index in [1.54, 1.807) is 7.11 Å². The molecule has 0 aliphatic heterocycles. The van der Waals surface area contributed by atoms with Gasteiger partial charge in [0, 0.05) is 25.1 Å². The molecule has 1 fully saturated rings. The molecule has 8 heteroatoms. The van der Waals surface area contributed by atoms with Crippen molar-refractivity contribution in [2.45, 2.75) is 31.5 Å². The predicted molar refractivity (Wildman–Crippen MR) is 93.6 cm³/mol. The van der Waals surface area contributed by atoms with Crippen LogP contribution in [0.1, 0.15) is 40.1 Å². The van der Waals surface area contributed by atoms with E-state index in [9.17, 15) is 18.0 Å². The lowest BCUT2D eigenvalue weighted by molar-refractivity contribution is -0.137. The lowest BCUT2D eigenvalue weighted by Gasteiger charge is -2.18. The summed E-state index contributed by atoms with van der Waals surface area (Å²) in [5.41, 5.74) is -0.830. The van der Waals surface area contributed by atoms with E-state index in [4.69, 9.17) is 4.74 Å². The second kappa shape index (κ2) is 7.75. The summed E-state index contributed by atoms with van der Waals surface area (Å²) in [6.45, 7) is 0.698. The first-order valence-corrected chi connectivity index (χ1v) is 9.14. The van der Waals surface area contributed by atoms with Crippen LogP contribution in [0.25, 0.3) is 0 Å². The molecular weight excluding hydrogens is 365 g/mol. The fourth-order valence-electron chi connectivity index (χ4n) is 3.20. The Morgan fingerprint density at radius 2 is 2.19 bits per heavy atom. The maximum absolute atomic E-state index is 12.8. The molecule has 1 saturated carbocycles. The van der Waals surface area contributed by atoms with Gasteiger partial charge in [-0.15, -0.1) is 0 Å². The minimum absolute atomic E-state index is 0.00487. The van der Waals surface area contributed by atoms with Crippen LogP contribution in [-0.2, 0) is 10.9 Å². The van der Waals surface area contributed by atoms with Gasteiger partial charge in [0.1, 0.15) is 0 Å². The Kier molecular flexibility index (Phi) is 5.62. The number of alkyl halides is 3. The van der Waals surface area contributed by atoms with Gasteiger partial charge in [-0.3, -0.25) is 4.79 Å². The van der Waals surface area contributed by atoms with Crippen LogP contribution in [0.5, 0.6) is 0 Å². The van der Waals surface area contributed by atoms with Gasteiger partial charge in [-0.25, -0.2) is 4.98 Å². The summed E-state index contributed by atoms with van der Waals surface area (Å²) in [7, 11) is 1.71. The molecule has 2 aromatic rings. The molecule has 0 amide bonds. The van der Waals surface area contributed by atoms with E-state index >= 15 is 0 Å². The van der Waals surface area contributed by atoms with Gasteiger partial charge >= 0.3 is 6.18 Å². The molecule has 2 atom stereocenters. The second-order valence-electron chi connectivity index (χ2n) is 6.28. The number of hydrogen-bond donors (Lipinski definition) is 1. The first kappa shape index (κ1) is 18.8. The number of nitrogens with one attached hydrogen (secondary N) is 1. The van der Waals surface area contributed by atoms with Crippen LogP contribution in [-0.4, -0.2) is 30.5 Å². The summed E-state index contributed by atoms with van der Waals surface area (Å²) in [5, 5.41) is 3.79. The Morgan fingerprint density at radius 1 is 1.38 bits per heavy atom. The van der Waals surface area contributed by atoms with Gasteiger partial charge in [-0.1, -0.05) is 29.9 Å². The number of benzene rings is 1. The molecule has 1 N–H and O–H groups in total. The second-order valence-corrected chi connectivity index (χ2v) is 7.31. The molecule has 1 aromatic heterocycles. The lowest BCUT2D eigenvalue weighted by atomic mass is 10.1. The van der Waals surface area contributed by atoms with Crippen LogP contribution < -0.4 is 5.32 Å².